The molecular formula is C33H39ClN2O4. The average molecular weight is 563 g/mol. The van der Waals surface area contributed by atoms with Gasteiger partial charge < -0.3 is 24.4 Å². The summed E-state index contributed by atoms with van der Waals surface area (Å²) < 4.78 is 11.7. The van der Waals surface area contributed by atoms with Crippen molar-refractivity contribution in [2.24, 2.45) is 5.92 Å². The molecule has 1 N–H and O–H groups in total. The number of hydrogen-bond donors (Lipinski definition) is 1. The number of aliphatic hydroxyl groups is 1. The Kier molecular flexibility index (Phi) is 8.14. The molecule has 0 saturated carbocycles. The number of amides is 1. The van der Waals surface area contributed by atoms with Gasteiger partial charge in [0.25, 0.3) is 0 Å². The topological polar surface area (TPSA) is 62.2 Å². The molecule has 2 atom stereocenters. The van der Waals surface area contributed by atoms with Crippen molar-refractivity contribution in [1.82, 2.24) is 4.90 Å². The number of piperidine rings is 1. The highest BCUT2D eigenvalue weighted by molar-refractivity contribution is 6.30. The number of ether oxygens (including phenoxy) is 2. The van der Waals surface area contributed by atoms with Crippen LogP contribution in [0.3, 0.4) is 0 Å². The molecule has 1 fully saturated rings. The zero-order valence-corrected chi connectivity index (χ0v) is 24.7. The summed E-state index contributed by atoms with van der Waals surface area (Å²) in [5, 5.41) is 12.2. The van der Waals surface area contributed by atoms with Crippen molar-refractivity contribution < 1.29 is 19.4 Å². The van der Waals surface area contributed by atoms with Crippen LogP contribution in [0.2, 0.25) is 5.02 Å². The molecule has 2 aliphatic rings. The number of fused-ring (bicyclic) bond motifs is 1. The molecule has 40 heavy (non-hydrogen) atoms. The number of nitrogens with zero attached hydrogens (tertiary/aromatic N) is 2. The molecule has 2 aliphatic heterocycles. The van der Waals surface area contributed by atoms with Crippen LogP contribution < -0.4 is 14.4 Å². The lowest BCUT2D eigenvalue weighted by Gasteiger charge is -2.40. The molecule has 0 radical (unpaired) electrons. The fourth-order valence-corrected chi connectivity index (χ4v) is 6.22. The van der Waals surface area contributed by atoms with Crippen molar-refractivity contribution in [3.8, 4) is 11.5 Å². The van der Waals surface area contributed by atoms with E-state index in [9.17, 15) is 9.90 Å². The number of carbonyl (C=O) groups excluding carboxylic acids is 1. The second-order valence-corrected chi connectivity index (χ2v) is 12.0. The van der Waals surface area contributed by atoms with Gasteiger partial charge in [0, 0.05) is 10.7 Å². The quantitative estimate of drug-likeness (QED) is 0.363. The standard InChI is InChI=1S/C33H39ClN2O4/c1-21(2)40-30-20-28-23(18-29(30)39-5)19-31(37)36(32(28)22-6-10-26(34)11-7-22)27-12-8-24(9-13-27)33(3,38)25-14-16-35(4)17-15-25/h6-13,18,20-21,25,32,38H,14-17,19H2,1-5H3/t32-,33+/m0/s1. The summed E-state index contributed by atoms with van der Waals surface area (Å²) in [7, 11) is 3.74. The second-order valence-electron chi connectivity index (χ2n) is 11.5. The van der Waals surface area contributed by atoms with Gasteiger partial charge in [0.05, 0.1) is 31.3 Å². The molecule has 1 amide bonds. The monoisotopic (exact) mass is 562 g/mol. The van der Waals surface area contributed by atoms with E-state index in [1.165, 1.54) is 0 Å². The molecule has 3 aromatic carbocycles. The number of anilines is 1. The lowest BCUT2D eigenvalue weighted by Crippen LogP contribution is -2.41. The Morgan fingerprint density at radius 3 is 2.25 bits per heavy atom. The molecule has 0 aromatic heterocycles. The van der Waals surface area contributed by atoms with Crippen LogP contribution in [-0.2, 0) is 16.8 Å². The molecule has 0 spiro atoms. The fourth-order valence-electron chi connectivity index (χ4n) is 6.09. The van der Waals surface area contributed by atoms with E-state index < -0.39 is 5.60 Å². The highest BCUT2D eigenvalue weighted by Gasteiger charge is 2.38. The van der Waals surface area contributed by atoms with Crippen LogP contribution in [0.5, 0.6) is 11.5 Å². The number of likely N-dealkylation sites (tertiary alicyclic amines) is 1. The minimum atomic E-state index is -0.937. The summed E-state index contributed by atoms with van der Waals surface area (Å²) in [6.45, 7) is 7.84. The molecular weight excluding hydrogens is 524 g/mol. The Morgan fingerprint density at radius 1 is 1.00 bits per heavy atom. The molecule has 1 saturated heterocycles. The number of hydrogen-bond acceptors (Lipinski definition) is 5. The third-order valence-corrected chi connectivity index (χ3v) is 8.63. The van der Waals surface area contributed by atoms with E-state index in [1.807, 2.05) is 86.3 Å². The van der Waals surface area contributed by atoms with E-state index in [0.29, 0.717) is 16.5 Å². The Balaban J connectivity index is 1.56. The van der Waals surface area contributed by atoms with Crippen LogP contribution in [0.25, 0.3) is 0 Å². The maximum atomic E-state index is 13.8. The minimum absolute atomic E-state index is 0.0122. The number of methoxy groups -OCH3 is 1. The van der Waals surface area contributed by atoms with Crippen LogP contribution in [0.4, 0.5) is 5.69 Å². The summed E-state index contributed by atoms with van der Waals surface area (Å²) in [6, 6.07) is 19.0. The van der Waals surface area contributed by atoms with Crippen LogP contribution in [0.15, 0.2) is 60.7 Å². The van der Waals surface area contributed by atoms with Gasteiger partial charge in [0.1, 0.15) is 0 Å². The van der Waals surface area contributed by atoms with E-state index in [-0.39, 0.29) is 30.4 Å². The second kappa shape index (κ2) is 11.4. The van der Waals surface area contributed by atoms with Gasteiger partial charge in [-0.2, -0.15) is 0 Å². The molecule has 0 aliphatic carbocycles. The van der Waals surface area contributed by atoms with Gasteiger partial charge in [-0.25, -0.2) is 0 Å². The Morgan fingerprint density at radius 2 is 1.65 bits per heavy atom. The molecule has 0 bridgehead atoms. The summed E-state index contributed by atoms with van der Waals surface area (Å²) in [4.78, 5) is 18.0. The highest BCUT2D eigenvalue weighted by atomic mass is 35.5. The van der Waals surface area contributed by atoms with Gasteiger partial charge in [-0.1, -0.05) is 35.9 Å². The van der Waals surface area contributed by atoms with E-state index in [1.54, 1.807) is 7.11 Å². The van der Waals surface area contributed by atoms with Crippen molar-refractivity contribution in [3.63, 3.8) is 0 Å². The van der Waals surface area contributed by atoms with Crippen LogP contribution in [0.1, 0.15) is 61.9 Å². The third-order valence-electron chi connectivity index (χ3n) is 8.38. The van der Waals surface area contributed by atoms with Crippen molar-refractivity contribution in [2.45, 2.75) is 57.8 Å². The van der Waals surface area contributed by atoms with Crippen LogP contribution in [0, 0.1) is 5.92 Å². The number of halogens is 1. The zero-order chi connectivity index (χ0) is 28.6. The van der Waals surface area contributed by atoms with Gasteiger partial charge >= 0.3 is 0 Å². The molecule has 2 heterocycles. The zero-order valence-electron chi connectivity index (χ0n) is 24.0. The predicted molar refractivity (Wildman–Crippen MR) is 159 cm³/mol. The summed E-state index contributed by atoms with van der Waals surface area (Å²) in [5.41, 5.74) is 3.56. The largest absolute Gasteiger partial charge is 0.493 e. The molecule has 0 unspecified atom stereocenters. The lowest BCUT2D eigenvalue weighted by atomic mass is 9.77. The SMILES string of the molecule is COc1cc2c(cc1OC(C)C)[C@H](c1ccc(Cl)cc1)N(c1ccc([C@@](C)(O)C3CCN(C)CC3)cc1)C(=O)C2. The van der Waals surface area contributed by atoms with Crippen molar-refractivity contribution >= 4 is 23.2 Å². The lowest BCUT2D eigenvalue weighted by molar-refractivity contribution is -0.118. The average Bonchev–Trinajstić information content (AvgIpc) is 2.93. The first-order valence-corrected chi connectivity index (χ1v) is 14.4. The number of carbonyl (C=O) groups is 1. The molecule has 212 valence electrons. The first kappa shape index (κ1) is 28.5. The predicted octanol–water partition coefficient (Wildman–Crippen LogP) is 6.36. The van der Waals surface area contributed by atoms with Crippen LogP contribution in [-0.4, -0.2) is 49.3 Å². The highest BCUT2D eigenvalue weighted by Crippen LogP contribution is 2.44. The van der Waals surface area contributed by atoms with E-state index in [2.05, 4.69) is 11.9 Å². The third kappa shape index (κ3) is 5.58. The summed E-state index contributed by atoms with van der Waals surface area (Å²) in [6.07, 6.45) is 2.12. The first-order valence-electron chi connectivity index (χ1n) is 14.0. The number of benzene rings is 3. The van der Waals surface area contributed by atoms with Gasteiger partial charge in [-0.3, -0.25) is 4.79 Å². The molecule has 5 rings (SSSR count). The van der Waals surface area contributed by atoms with E-state index >= 15 is 0 Å². The Bertz CT molecular complexity index is 1350. The maximum Gasteiger partial charge on any atom is 0.232 e. The molecule has 7 heteroatoms. The Labute approximate surface area is 242 Å². The summed E-state index contributed by atoms with van der Waals surface area (Å²) in [5.74, 6) is 1.44. The molecule has 6 nitrogen and oxygen atoms in total. The summed E-state index contributed by atoms with van der Waals surface area (Å²) >= 11 is 6.24. The normalized spacial score (nSPS) is 19.9. The molecule has 3 aromatic rings. The van der Waals surface area contributed by atoms with Crippen molar-refractivity contribution in [1.29, 1.82) is 0 Å². The minimum Gasteiger partial charge on any atom is -0.493 e. The van der Waals surface area contributed by atoms with Crippen molar-refractivity contribution in [3.05, 3.63) is 87.9 Å². The van der Waals surface area contributed by atoms with Gasteiger partial charge in [0.15, 0.2) is 11.5 Å². The first-order chi connectivity index (χ1) is 19.1. The van der Waals surface area contributed by atoms with Crippen LogP contribution >= 0.6 is 11.6 Å². The van der Waals surface area contributed by atoms with Gasteiger partial charge in [-0.15, -0.1) is 0 Å². The maximum absolute atomic E-state index is 13.8. The fraction of sp³-hybridized carbons (Fsp3) is 0.424. The Hall–Kier alpha value is -3.06. The van der Waals surface area contributed by atoms with E-state index in [4.69, 9.17) is 21.1 Å². The van der Waals surface area contributed by atoms with Crippen molar-refractivity contribution in [2.75, 3.05) is 32.1 Å². The van der Waals surface area contributed by atoms with E-state index in [0.717, 1.165) is 53.9 Å². The smallest absolute Gasteiger partial charge is 0.232 e. The van der Waals surface area contributed by atoms with Gasteiger partial charge in [0.2, 0.25) is 5.91 Å². The van der Waals surface area contributed by atoms with Gasteiger partial charge in [-0.05, 0) is 118 Å². The number of rotatable bonds is 7.